The van der Waals surface area contributed by atoms with E-state index in [1.54, 1.807) is 0 Å². The Kier molecular flexibility index (Phi) is 7.36. The molecule has 3 heteroatoms. The van der Waals surface area contributed by atoms with Gasteiger partial charge in [-0.25, -0.2) is 0 Å². The van der Waals surface area contributed by atoms with Crippen LogP contribution in [0.25, 0.3) is 0 Å². The van der Waals surface area contributed by atoms with Gasteiger partial charge in [0.2, 0.25) is 0 Å². The van der Waals surface area contributed by atoms with Gasteiger partial charge >= 0.3 is 0 Å². The highest BCUT2D eigenvalue weighted by Gasteiger charge is 2.17. The number of hydrogen-bond acceptors (Lipinski definition) is 1. The van der Waals surface area contributed by atoms with Crippen molar-refractivity contribution in [3.63, 3.8) is 0 Å². The summed E-state index contributed by atoms with van der Waals surface area (Å²) in [6, 6.07) is 6.18. The fourth-order valence-electron chi connectivity index (χ4n) is 2.21. The molecule has 0 spiro atoms. The minimum Gasteiger partial charge on any atom is -0.314 e. The maximum Gasteiger partial charge on any atom is 0.0453 e. The van der Waals surface area contributed by atoms with Crippen molar-refractivity contribution in [2.75, 3.05) is 6.54 Å². The first-order valence-corrected chi connectivity index (χ1v) is 8.25. The molecule has 0 fully saturated rings. The highest BCUT2D eigenvalue weighted by molar-refractivity contribution is 6.35. The van der Waals surface area contributed by atoms with Crippen LogP contribution in [0.3, 0.4) is 0 Å². The van der Waals surface area contributed by atoms with Crippen LogP contribution in [0, 0.1) is 5.41 Å². The number of halogens is 2. The molecule has 1 nitrogen and oxygen atoms in total. The highest BCUT2D eigenvalue weighted by Crippen LogP contribution is 2.28. The van der Waals surface area contributed by atoms with Crippen molar-refractivity contribution < 1.29 is 0 Å². The van der Waals surface area contributed by atoms with E-state index >= 15 is 0 Å². The summed E-state index contributed by atoms with van der Waals surface area (Å²) in [5.74, 6) is 0. The summed E-state index contributed by atoms with van der Waals surface area (Å²) in [4.78, 5) is 0. The molecule has 0 radical (unpaired) electrons. The van der Waals surface area contributed by atoms with Crippen LogP contribution in [0.2, 0.25) is 10.0 Å². The molecule has 114 valence electrons. The Morgan fingerprint density at radius 1 is 1.15 bits per heavy atom. The third-order valence-corrected chi connectivity index (χ3v) is 4.15. The molecule has 0 heterocycles. The minimum atomic E-state index is 0.358. The maximum absolute atomic E-state index is 6.29. The largest absolute Gasteiger partial charge is 0.314 e. The molecule has 20 heavy (non-hydrogen) atoms. The van der Waals surface area contributed by atoms with Gasteiger partial charge in [-0.1, -0.05) is 57.0 Å². The first-order valence-electron chi connectivity index (χ1n) is 7.49. The van der Waals surface area contributed by atoms with Gasteiger partial charge in [0.25, 0.3) is 0 Å². The molecule has 0 saturated carbocycles. The van der Waals surface area contributed by atoms with Crippen LogP contribution < -0.4 is 5.32 Å². The quantitative estimate of drug-likeness (QED) is 0.677. The van der Waals surface area contributed by atoms with Crippen molar-refractivity contribution in [3.05, 3.63) is 33.8 Å². The molecule has 0 aromatic heterocycles. The number of rotatable bonds is 7. The Morgan fingerprint density at radius 2 is 1.75 bits per heavy atom. The van der Waals surface area contributed by atoms with Gasteiger partial charge < -0.3 is 5.32 Å². The van der Waals surface area contributed by atoms with E-state index in [0.29, 0.717) is 11.5 Å². The molecule has 1 rings (SSSR count). The van der Waals surface area contributed by atoms with Crippen molar-refractivity contribution >= 4 is 23.2 Å². The predicted molar refractivity (Wildman–Crippen MR) is 90.9 cm³/mol. The van der Waals surface area contributed by atoms with Crippen LogP contribution in [0.1, 0.15) is 52.5 Å². The average molecular weight is 316 g/mol. The Hall–Kier alpha value is -0.240. The van der Waals surface area contributed by atoms with E-state index in [9.17, 15) is 0 Å². The van der Waals surface area contributed by atoms with Crippen molar-refractivity contribution in [1.29, 1.82) is 0 Å². The SMILES string of the molecule is CCCNC(CCC(C)(C)C)Cc1c(Cl)cccc1Cl. The zero-order chi connectivity index (χ0) is 15.2. The lowest BCUT2D eigenvalue weighted by Crippen LogP contribution is -2.33. The number of benzene rings is 1. The molecule has 1 atom stereocenters. The fraction of sp³-hybridized carbons (Fsp3) is 0.647. The lowest BCUT2D eigenvalue weighted by atomic mass is 9.87. The molecule has 1 unspecified atom stereocenters. The van der Waals surface area contributed by atoms with E-state index in [2.05, 4.69) is 33.0 Å². The second-order valence-electron chi connectivity index (χ2n) is 6.65. The zero-order valence-electron chi connectivity index (χ0n) is 13.1. The summed E-state index contributed by atoms with van der Waals surface area (Å²) in [7, 11) is 0. The van der Waals surface area contributed by atoms with E-state index in [0.717, 1.165) is 41.4 Å². The third-order valence-electron chi connectivity index (χ3n) is 3.44. The van der Waals surface area contributed by atoms with Gasteiger partial charge in [-0.2, -0.15) is 0 Å². The summed E-state index contributed by atoms with van der Waals surface area (Å²) in [5.41, 5.74) is 1.43. The Morgan fingerprint density at radius 3 is 2.25 bits per heavy atom. The van der Waals surface area contributed by atoms with Crippen LogP contribution >= 0.6 is 23.2 Å². The van der Waals surface area contributed by atoms with Gasteiger partial charge in [0.1, 0.15) is 0 Å². The van der Waals surface area contributed by atoms with E-state index in [4.69, 9.17) is 23.2 Å². The topological polar surface area (TPSA) is 12.0 Å². The number of nitrogens with one attached hydrogen (secondary N) is 1. The Bertz CT molecular complexity index is 390. The molecule has 1 N–H and O–H groups in total. The molecule has 1 aromatic carbocycles. The second kappa shape index (κ2) is 8.26. The standard InChI is InChI=1S/C17H27Cl2N/c1-5-11-20-13(9-10-17(2,3)4)12-14-15(18)7-6-8-16(14)19/h6-8,13,20H,5,9-12H2,1-4H3. The summed E-state index contributed by atoms with van der Waals surface area (Å²) >= 11 is 12.6. The second-order valence-corrected chi connectivity index (χ2v) is 7.47. The zero-order valence-corrected chi connectivity index (χ0v) is 14.6. The molecule has 1 aromatic rings. The smallest absolute Gasteiger partial charge is 0.0453 e. The first kappa shape index (κ1) is 17.8. The lowest BCUT2D eigenvalue weighted by Gasteiger charge is -2.25. The van der Waals surface area contributed by atoms with Gasteiger partial charge in [-0.3, -0.25) is 0 Å². The summed E-state index contributed by atoms with van der Waals surface area (Å²) in [6.45, 7) is 10.1. The van der Waals surface area contributed by atoms with Crippen molar-refractivity contribution in [2.45, 2.75) is 59.4 Å². The molecule has 0 aliphatic rings. The average Bonchev–Trinajstić information content (AvgIpc) is 2.35. The molecule has 0 amide bonds. The van der Waals surface area contributed by atoms with Crippen molar-refractivity contribution in [3.8, 4) is 0 Å². The first-order chi connectivity index (χ1) is 9.33. The summed E-state index contributed by atoms with van der Waals surface area (Å²) in [6.07, 6.45) is 4.37. The van der Waals surface area contributed by atoms with E-state index in [-0.39, 0.29) is 0 Å². The Balaban J connectivity index is 2.73. The minimum absolute atomic E-state index is 0.358. The molecule has 0 saturated heterocycles. The monoisotopic (exact) mass is 315 g/mol. The van der Waals surface area contributed by atoms with Crippen LogP contribution in [0.5, 0.6) is 0 Å². The predicted octanol–water partition coefficient (Wildman–Crippen LogP) is 5.73. The van der Waals surface area contributed by atoms with Crippen molar-refractivity contribution in [2.24, 2.45) is 5.41 Å². The maximum atomic E-state index is 6.29. The third kappa shape index (κ3) is 6.47. The van der Waals surface area contributed by atoms with Crippen LogP contribution in [0.15, 0.2) is 18.2 Å². The Labute approximate surface area is 134 Å². The van der Waals surface area contributed by atoms with Gasteiger partial charge in [0, 0.05) is 16.1 Å². The van der Waals surface area contributed by atoms with E-state index in [1.165, 1.54) is 6.42 Å². The summed E-state index contributed by atoms with van der Waals surface area (Å²) in [5, 5.41) is 5.18. The van der Waals surface area contributed by atoms with Gasteiger partial charge in [0.05, 0.1) is 0 Å². The van der Waals surface area contributed by atoms with Gasteiger partial charge in [-0.15, -0.1) is 0 Å². The van der Waals surface area contributed by atoms with Gasteiger partial charge in [0.15, 0.2) is 0 Å². The number of hydrogen-bond donors (Lipinski definition) is 1. The molecule has 0 bridgehead atoms. The van der Waals surface area contributed by atoms with Crippen LogP contribution in [0.4, 0.5) is 0 Å². The van der Waals surface area contributed by atoms with E-state index in [1.807, 2.05) is 18.2 Å². The highest BCUT2D eigenvalue weighted by atomic mass is 35.5. The van der Waals surface area contributed by atoms with Crippen LogP contribution in [-0.2, 0) is 6.42 Å². The summed E-state index contributed by atoms with van der Waals surface area (Å²) < 4.78 is 0. The van der Waals surface area contributed by atoms with Crippen LogP contribution in [-0.4, -0.2) is 12.6 Å². The molecule has 0 aliphatic heterocycles. The molecular formula is C17H27Cl2N. The van der Waals surface area contributed by atoms with E-state index < -0.39 is 0 Å². The molecule has 0 aliphatic carbocycles. The van der Waals surface area contributed by atoms with Gasteiger partial charge in [-0.05, 0) is 55.3 Å². The normalized spacial score (nSPS) is 13.5. The molecular weight excluding hydrogens is 289 g/mol. The van der Waals surface area contributed by atoms with Crippen molar-refractivity contribution in [1.82, 2.24) is 5.32 Å². The fourth-order valence-corrected chi connectivity index (χ4v) is 2.76. The lowest BCUT2D eigenvalue weighted by molar-refractivity contribution is 0.328.